The topological polar surface area (TPSA) is 74.4 Å². The van der Waals surface area contributed by atoms with Crippen molar-refractivity contribution in [3.8, 4) is 5.75 Å². The van der Waals surface area contributed by atoms with Gasteiger partial charge < -0.3 is 19.9 Å². The lowest BCUT2D eigenvalue weighted by molar-refractivity contribution is -0.128. The number of para-hydroxylation sites is 3. The molecule has 2 aromatic carbocycles. The molecule has 3 aromatic rings. The Hall–Kier alpha value is -3.28. The van der Waals surface area contributed by atoms with Crippen LogP contribution in [0.15, 0.2) is 54.7 Å². The average Bonchev–Trinajstić information content (AvgIpc) is 3.10. The molecule has 2 amide bonds. The summed E-state index contributed by atoms with van der Waals surface area (Å²) < 4.78 is 5.82. The highest BCUT2D eigenvalue weighted by atomic mass is 16.5. The monoisotopic (exact) mass is 363 g/mol. The summed E-state index contributed by atoms with van der Waals surface area (Å²) in [5, 5.41) is 4.09. The zero-order valence-electron chi connectivity index (χ0n) is 15.1. The van der Waals surface area contributed by atoms with E-state index in [0.717, 1.165) is 22.9 Å². The molecule has 0 fully saturated rings. The number of aromatic amines is 1. The van der Waals surface area contributed by atoms with Crippen LogP contribution in [0.4, 0.5) is 5.69 Å². The van der Waals surface area contributed by atoms with E-state index < -0.39 is 6.10 Å². The molecule has 0 saturated heterocycles. The van der Waals surface area contributed by atoms with Crippen LogP contribution in [0.1, 0.15) is 12.5 Å². The fraction of sp³-hybridized carbons (Fsp3) is 0.238. The maximum absolute atomic E-state index is 12.6. The lowest BCUT2D eigenvalue weighted by atomic mass is 10.1. The molecule has 0 saturated carbocycles. The number of carbonyl (C=O) groups is 2. The highest BCUT2D eigenvalue weighted by Crippen LogP contribution is 2.33. The highest BCUT2D eigenvalue weighted by molar-refractivity contribution is 5.95. The molecule has 6 heteroatoms. The zero-order chi connectivity index (χ0) is 18.8. The van der Waals surface area contributed by atoms with Crippen LogP contribution >= 0.6 is 0 Å². The third kappa shape index (κ3) is 3.38. The smallest absolute Gasteiger partial charge is 0.262 e. The van der Waals surface area contributed by atoms with E-state index in [1.54, 1.807) is 11.0 Å². The second-order valence-electron chi connectivity index (χ2n) is 6.60. The van der Waals surface area contributed by atoms with Crippen LogP contribution in [0.25, 0.3) is 10.9 Å². The number of nitrogens with one attached hydrogen (secondary N) is 2. The van der Waals surface area contributed by atoms with E-state index in [9.17, 15) is 9.59 Å². The summed E-state index contributed by atoms with van der Waals surface area (Å²) in [6.45, 7) is 2.21. The first-order valence-corrected chi connectivity index (χ1v) is 9.00. The Kier molecular flexibility index (Phi) is 4.54. The number of aromatic nitrogens is 1. The van der Waals surface area contributed by atoms with Crippen molar-refractivity contribution in [2.75, 3.05) is 18.0 Å². The van der Waals surface area contributed by atoms with Crippen molar-refractivity contribution in [2.45, 2.75) is 19.4 Å². The SMILES string of the molecule is CC(=O)N1CC(C(=O)NCCc2c[nH]c3ccccc23)Oc2ccccc21. The maximum atomic E-state index is 12.6. The van der Waals surface area contributed by atoms with Gasteiger partial charge in [0.1, 0.15) is 5.75 Å². The van der Waals surface area contributed by atoms with Crippen LogP contribution in [0.2, 0.25) is 0 Å². The molecule has 27 heavy (non-hydrogen) atoms. The summed E-state index contributed by atoms with van der Waals surface area (Å²) >= 11 is 0. The van der Waals surface area contributed by atoms with E-state index in [1.165, 1.54) is 6.92 Å². The zero-order valence-corrected chi connectivity index (χ0v) is 15.1. The first-order valence-electron chi connectivity index (χ1n) is 9.00. The van der Waals surface area contributed by atoms with Crippen molar-refractivity contribution in [1.82, 2.24) is 10.3 Å². The molecule has 1 aromatic heterocycles. The van der Waals surface area contributed by atoms with Gasteiger partial charge in [0.15, 0.2) is 6.10 Å². The summed E-state index contributed by atoms with van der Waals surface area (Å²) in [7, 11) is 0. The van der Waals surface area contributed by atoms with Gasteiger partial charge in [0, 0.05) is 30.6 Å². The van der Waals surface area contributed by atoms with Crippen LogP contribution in [0.5, 0.6) is 5.75 Å². The lowest BCUT2D eigenvalue weighted by Gasteiger charge is -2.33. The number of amides is 2. The average molecular weight is 363 g/mol. The Morgan fingerprint density at radius 3 is 2.81 bits per heavy atom. The van der Waals surface area contributed by atoms with Gasteiger partial charge >= 0.3 is 0 Å². The van der Waals surface area contributed by atoms with E-state index in [-0.39, 0.29) is 18.4 Å². The molecule has 0 radical (unpaired) electrons. The predicted molar refractivity (Wildman–Crippen MR) is 104 cm³/mol. The van der Waals surface area contributed by atoms with Gasteiger partial charge in [0.25, 0.3) is 5.91 Å². The number of ether oxygens (including phenoxy) is 1. The van der Waals surface area contributed by atoms with Crippen molar-refractivity contribution >= 4 is 28.4 Å². The van der Waals surface area contributed by atoms with Crippen molar-refractivity contribution < 1.29 is 14.3 Å². The van der Waals surface area contributed by atoms with Crippen molar-refractivity contribution in [3.05, 3.63) is 60.3 Å². The number of hydrogen-bond acceptors (Lipinski definition) is 3. The van der Waals surface area contributed by atoms with Crippen molar-refractivity contribution in [3.63, 3.8) is 0 Å². The van der Waals surface area contributed by atoms with Gasteiger partial charge in [-0.25, -0.2) is 0 Å². The summed E-state index contributed by atoms with van der Waals surface area (Å²) in [6.07, 6.45) is 1.98. The van der Waals surface area contributed by atoms with Gasteiger partial charge in [0.2, 0.25) is 5.91 Å². The standard InChI is InChI=1S/C21H21N3O3/c1-14(25)24-13-20(27-19-9-5-4-8-18(19)24)21(26)22-11-10-15-12-23-17-7-3-2-6-16(15)17/h2-9,12,20,23H,10-11,13H2,1H3,(H,22,26). The van der Waals surface area contributed by atoms with Gasteiger partial charge in [-0.3, -0.25) is 9.59 Å². The Morgan fingerprint density at radius 1 is 1.19 bits per heavy atom. The molecule has 0 bridgehead atoms. The minimum absolute atomic E-state index is 0.109. The van der Waals surface area contributed by atoms with Crippen LogP contribution < -0.4 is 15.0 Å². The Labute approximate surface area is 157 Å². The molecule has 2 heterocycles. The number of anilines is 1. The third-order valence-electron chi connectivity index (χ3n) is 4.81. The minimum Gasteiger partial charge on any atom is -0.477 e. The molecule has 1 aliphatic heterocycles. The van der Waals surface area contributed by atoms with Crippen LogP contribution in [0.3, 0.4) is 0 Å². The molecule has 0 aliphatic carbocycles. The number of H-pyrrole nitrogens is 1. The molecular weight excluding hydrogens is 342 g/mol. The van der Waals surface area contributed by atoms with Gasteiger partial charge in [-0.2, -0.15) is 0 Å². The van der Waals surface area contributed by atoms with Crippen LogP contribution in [-0.4, -0.2) is 36.0 Å². The fourth-order valence-electron chi connectivity index (χ4n) is 3.44. The number of rotatable bonds is 4. The van der Waals surface area contributed by atoms with Crippen molar-refractivity contribution in [2.24, 2.45) is 0 Å². The van der Waals surface area contributed by atoms with E-state index in [4.69, 9.17) is 4.74 Å². The summed E-state index contributed by atoms with van der Waals surface area (Å²) in [4.78, 5) is 29.4. The second kappa shape index (κ2) is 7.15. The minimum atomic E-state index is -0.716. The molecule has 6 nitrogen and oxygen atoms in total. The molecule has 1 aliphatic rings. The molecule has 1 atom stereocenters. The predicted octanol–water partition coefficient (Wildman–Crippen LogP) is 2.64. The Bertz CT molecular complexity index is 995. The number of fused-ring (bicyclic) bond motifs is 2. The molecule has 4 rings (SSSR count). The van der Waals surface area contributed by atoms with E-state index >= 15 is 0 Å². The number of nitrogens with zero attached hydrogens (tertiary/aromatic N) is 1. The van der Waals surface area contributed by atoms with Crippen LogP contribution in [-0.2, 0) is 16.0 Å². The number of benzene rings is 2. The Morgan fingerprint density at radius 2 is 1.96 bits per heavy atom. The van der Waals surface area contributed by atoms with Crippen molar-refractivity contribution in [1.29, 1.82) is 0 Å². The van der Waals surface area contributed by atoms with E-state index in [0.29, 0.717) is 18.0 Å². The maximum Gasteiger partial charge on any atom is 0.262 e. The first-order chi connectivity index (χ1) is 13.1. The normalized spacial score (nSPS) is 15.9. The second-order valence-corrected chi connectivity index (χ2v) is 6.60. The molecule has 0 spiro atoms. The molecule has 2 N–H and O–H groups in total. The van der Waals surface area contributed by atoms with Gasteiger partial charge in [-0.05, 0) is 30.2 Å². The fourth-order valence-corrected chi connectivity index (χ4v) is 3.44. The highest BCUT2D eigenvalue weighted by Gasteiger charge is 2.32. The van der Waals surface area contributed by atoms with Crippen LogP contribution in [0, 0.1) is 0 Å². The van der Waals surface area contributed by atoms with E-state index in [1.807, 2.05) is 42.6 Å². The lowest BCUT2D eigenvalue weighted by Crippen LogP contribution is -2.50. The van der Waals surface area contributed by atoms with Gasteiger partial charge in [0.05, 0.1) is 12.2 Å². The summed E-state index contributed by atoms with van der Waals surface area (Å²) in [6, 6.07) is 15.4. The largest absolute Gasteiger partial charge is 0.477 e. The van der Waals surface area contributed by atoms with Gasteiger partial charge in [-0.15, -0.1) is 0 Å². The first kappa shape index (κ1) is 17.1. The quantitative estimate of drug-likeness (QED) is 0.748. The number of hydrogen-bond donors (Lipinski definition) is 2. The van der Waals surface area contributed by atoms with Gasteiger partial charge in [-0.1, -0.05) is 30.3 Å². The summed E-state index contributed by atoms with van der Waals surface area (Å²) in [5.74, 6) is 0.230. The Balaban J connectivity index is 1.41. The van der Waals surface area contributed by atoms with E-state index in [2.05, 4.69) is 16.4 Å². The molecule has 1 unspecified atom stereocenters. The molecule has 138 valence electrons. The number of carbonyl (C=O) groups excluding carboxylic acids is 2. The third-order valence-corrected chi connectivity index (χ3v) is 4.81. The molecular formula is C21H21N3O3. The summed E-state index contributed by atoms with van der Waals surface area (Å²) in [5.41, 5.74) is 2.95.